The Morgan fingerprint density at radius 1 is 1.41 bits per heavy atom. The van der Waals surface area contributed by atoms with E-state index in [1.807, 2.05) is 12.1 Å². The van der Waals surface area contributed by atoms with Crippen LogP contribution < -0.4 is 5.32 Å². The maximum Gasteiger partial charge on any atom is 0.265 e. The van der Waals surface area contributed by atoms with Gasteiger partial charge < -0.3 is 10.1 Å². The van der Waals surface area contributed by atoms with Crippen LogP contribution in [-0.4, -0.2) is 28.1 Å². The lowest BCUT2D eigenvalue weighted by molar-refractivity contribution is 0.0285. The van der Waals surface area contributed by atoms with Crippen LogP contribution in [0, 0.1) is 0 Å². The number of benzene rings is 1. The van der Waals surface area contributed by atoms with E-state index in [0.29, 0.717) is 18.0 Å². The molecule has 1 N–H and O–H groups in total. The van der Waals surface area contributed by atoms with Crippen LogP contribution in [0.25, 0.3) is 0 Å². The van der Waals surface area contributed by atoms with Gasteiger partial charge in [0.25, 0.3) is 5.91 Å². The molecule has 1 atom stereocenters. The number of carbonyl (C=O) groups is 1. The molecule has 0 saturated carbocycles. The lowest BCUT2D eigenvalue weighted by Crippen LogP contribution is -2.36. The molecule has 1 aliphatic heterocycles. The number of aryl methyl sites for hydroxylation is 1. The van der Waals surface area contributed by atoms with Gasteiger partial charge in [-0.2, -0.15) is 0 Å². The van der Waals surface area contributed by atoms with Crippen molar-refractivity contribution in [3.63, 3.8) is 0 Å². The summed E-state index contributed by atoms with van der Waals surface area (Å²) in [6.45, 7) is 3.19. The van der Waals surface area contributed by atoms with E-state index in [4.69, 9.17) is 4.74 Å². The number of nitrogens with one attached hydrogen (secondary N) is 1. The number of rotatable bonds is 5. The molecule has 6 heteroatoms. The van der Waals surface area contributed by atoms with Gasteiger partial charge in [-0.3, -0.25) is 4.79 Å². The van der Waals surface area contributed by atoms with E-state index < -0.39 is 0 Å². The van der Waals surface area contributed by atoms with Crippen LogP contribution in [0.4, 0.5) is 0 Å². The highest BCUT2D eigenvalue weighted by Crippen LogP contribution is 2.20. The summed E-state index contributed by atoms with van der Waals surface area (Å²) in [5.41, 5.74) is 3.33. The van der Waals surface area contributed by atoms with Crippen LogP contribution in [0.3, 0.4) is 0 Å². The quantitative estimate of drug-likeness (QED) is 0.919. The Morgan fingerprint density at radius 3 is 3.05 bits per heavy atom. The van der Waals surface area contributed by atoms with Crippen LogP contribution in [0.1, 0.15) is 39.8 Å². The van der Waals surface area contributed by atoms with Crippen molar-refractivity contribution in [3.8, 4) is 0 Å². The molecular formula is C16H19N3O2S. The minimum Gasteiger partial charge on any atom is -0.371 e. The summed E-state index contributed by atoms with van der Waals surface area (Å²) >= 11 is 1.16. The predicted octanol–water partition coefficient (Wildman–Crippen LogP) is 2.36. The fourth-order valence-electron chi connectivity index (χ4n) is 2.61. The second kappa shape index (κ2) is 6.98. The van der Waals surface area contributed by atoms with Crippen LogP contribution in [-0.2, 0) is 24.2 Å². The van der Waals surface area contributed by atoms with Crippen molar-refractivity contribution in [2.24, 2.45) is 0 Å². The van der Waals surface area contributed by atoms with Crippen LogP contribution >= 0.6 is 11.5 Å². The Labute approximate surface area is 133 Å². The van der Waals surface area contributed by atoms with Crippen LogP contribution in [0.5, 0.6) is 0 Å². The second-order valence-corrected chi connectivity index (χ2v) is 6.17. The highest BCUT2D eigenvalue weighted by Gasteiger charge is 2.21. The highest BCUT2D eigenvalue weighted by molar-refractivity contribution is 7.08. The summed E-state index contributed by atoms with van der Waals surface area (Å²) in [6, 6.07) is 8.28. The first kappa shape index (κ1) is 15.1. The zero-order chi connectivity index (χ0) is 15.4. The lowest BCUT2D eigenvalue weighted by atomic mass is 9.99. The van der Waals surface area contributed by atoms with Crippen molar-refractivity contribution >= 4 is 17.4 Å². The van der Waals surface area contributed by atoms with E-state index >= 15 is 0 Å². The molecule has 0 fully saturated rings. The second-order valence-electron chi connectivity index (χ2n) is 5.41. The summed E-state index contributed by atoms with van der Waals surface area (Å²) < 4.78 is 9.69. The van der Waals surface area contributed by atoms with Gasteiger partial charge in [0.15, 0.2) is 0 Å². The van der Waals surface area contributed by atoms with E-state index in [1.54, 1.807) is 0 Å². The zero-order valence-corrected chi connectivity index (χ0v) is 13.4. The van der Waals surface area contributed by atoms with Crippen molar-refractivity contribution in [3.05, 3.63) is 46.0 Å². The number of ether oxygens (including phenoxy) is 1. The van der Waals surface area contributed by atoms with E-state index in [0.717, 1.165) is 36.5 Å². The smallest absolute Gasteiger partial charge is 0.265 e. The molecule has 2 heterocycles. The number of hydrogen-bond donors (Lipinski definition) is 1. The molecule has 1 aliphatic rings. The van der Waals surface area contributed by atoms with Crippen LogP contribution in [0.2, 0.25) is 0 Å². The molecule has 5 nitrogen and oxygen atoms in total. The Kier molecular flexibility index (Phi) is 4.80. The number of aromatic nitrogens is 2. The molecule has 1 aromatic carbocycles. The highest BCUT2D eigenvalue weighted by atomic mass is 32.1. The average molecular weight is 317 g/mol. The Bertz CT molecular complexity index is 656. The van der Waals surface area contributed by atoms with E-state index in [-0.39, 0.29) is 12.0 Å². The molecule has 0 radical (unpaired) electrons. The third-order valence-electron chi connectivity index (χ3n) is 3.78. The molecule has 1 aromatic heterocycles. The Balaban J connectivity index is 1.57. The average Bonchev–Trinajstić information content (AvgIpc) is 3.01. The summed E-state index contributed by atoms with van der Waals surface area (Å²) in [5.74, 6) is -0.0964. The number of fused-ring (bicyclic) bond motifs is 1. The first-order chi connectivity index (χ1) is 10.8. The van der Waals surface area contributed by atoms with Gasteiger partial charge in [0.05, 0.1) is 18.4 Å². The van der Waals surface area contributed by atoms with Gasteiger partial charge in [-0.1, -0.05) is 42.1 Å². The van der Waals surface area contributed by atoms with Gasteiger partial charge in [0.2, 0.25) is 0 Å². The standard InChI is InChI=1S/C16H19N3O2S/c1-2-5-14-15(22-19-18-14)16(20)17-9-13-8-11-6-3-4-7-12(11)10-21-13/h3-4,6-7,13H,2,5,8-10H2,1H3,(H,17,20)/t13-/m1/s1. The summed E-state index contributed by atoms with van der Waals surface area (Å²) in [7, 11) is 0. The number of nitrogens with zero attached hydrogens (tertiary/aromatic N) is 2. The largest absolute Gasteiger partial charge is 0.371 e. The van der Waals surface area contributed by atoms with Crippen molar-refractivity contribution in [2.75, 3.05) is 6.54 Å². The van der Waals surface area contributed by atoms with Gasteiger partial charge >= 0.3 is 0 Å². The van der Waals surface area contributed by atoms with E-state index in [9.17, 15) is 4.79 Å². The fourth-order valence-corrected chi connectivity index (χ4v) is 3.23. The monoisotopic (exact) mass is 317 g/mol. The normalized spacial score (nSPS) is 17.0. The number of carbonyl (C=O) groups excluding carboxylic acids is 1. The lowest BCUT2D eigenvalue weighted by Gasteiger charge is -2.25. The minimum atomic E-state index is -0.0964. The molecule has 1 amide bonds. The molecule has 3 rings (SSSR count). The predicted molar refractivity (Wildman–Crippen MR) is 85.0 cm³/mol. The SMILES string of the molecule is CCCc1nnsc1C(=O)NC[C@H]1Cc2ccccc2CO1. The third kappa shape index (κ3) is 3.34. The molecule has 0 bridgehead atoms. The van der Waals surface area contributed by atoms with Crippen LogP contribution in [0.15, 0.2) is 24.3 Å². The molecular weight excluding hydrogens is 298 g/mol. The van der Waals surface area contributed by atoms with Crippen molar-refractivity contribution in [1.29, 1.82) is 0 Å². The maximum atomic E-state index is 12.3. The first-order valence-corrected chi connectivity index (χ1v) is 8.33. The molecule has 22 heavy (non-hydrogen) atoms. The van der Waals surface area contributed by atoms with Crippen molar-refractivity contribution in [1.82, 2.24) is 14.9 Å². The molecule has 0 spiro atoms. The van der Waals surface area contributed by atoms with Crippen molar-refractivity contribution in [2.45, 2.75) is 38.9 Å². The Hall–Kier alpha value is -1.79. The first-order valence-electron chi connectivity index (χ1n) is 7.55. The molecule has 0 aliphatic carbocycles. The van der Waals surface area contributed by atoms with Crippen molar-refractivity contribution < 1.29 is 9.53 Å². The summed E-state index contributed by atoms with van der Waals surface area (Å²) in [5, 5.41) is 6.98. The third-order valence-corrected chi connectivity index (χ3v) is 4.55. The van der Waals surface area contributed by atoms with E-state index in [2.05, 4.69) is 34.0 Å². The number of hydrogen-bond acceptors (Lipinski definition) is 5. The van der Waals surface area contributed by atoms with Gasteiger partial charge in [-0.25, -0.2) is 0 Å². The summed E-state index contributed by atoms with van der Waals surface area (Å²) in [6.07, 6.45) is 2.59. The fraction of sp³-hybridized carbons (Fsp3) is 0.438. The number of amides is 1. The van der Waals surface area contributed by atoms with Gasteiger partial charge in [0, 0.05) is 13.0 Å². The summed E-state index contributed by atoms with van der Waals surface area (Å²) in [4.78, 5) is 12.9. The molecule has 0 saturated heterocycles. The topological polar surface area (TPSA) is 64.1 Å². The van der Waals surface area contributed by atoms with Gasteiger partial charge in [-0.15, -0.1) is 5.10 Å². The molecule has 116 valence electrons. The minimum absolute atomic E-state index is 0.0226. The molecule has 0 unspecified atom stereocenters. The van der Waals surface area contributed by atoms with E-state index in [1.165, 1.54) is 11.1 Å². The van der Waals surface area contributed by atoms with Gasteiger partial charge in [-0.05, 0) is 29.1 Å². The Morgan fingerprint density at radius 2 is 2.23 bits per heavy atom. The zero-order valence-electron chi connectivity index (χ0n) is 12.5. The van der Waals surface area contributed by atoms with Gasteiger partial charge in [0.1, 0.15) is 4.88 Å². The maximum absolute atomic E-state index is 12.3. The molecule has 2 aromatic rings.